The maximum absolute atomic E-state index is 14.2. The van der Waals surface area contributed by atoms with Crippen molar-refractivity contribution in [3.8, 4) is 11.5 Å². The number of hydrogen-bond donors (Lipinski definition) is 2. The third-order valence-corrected chi connectivity index (χ3v) is 3.38. The molecule has 0 aliphatic rings. The topological polar surface area (TPSA) is 86.5 Å². The summed E-state index contributed by atoms with van der Waals surface area (Å²) in [6, 6.07) is 16.4. The van der Waals surface area contributed by atoms with Gasteiger partial charge in [0, 0.05) is 6.07 Å². The summed E-state index contributed by atoms with van der Waals surface area (Å²) >= 11 is 0. The molecule has 132 valence electrons. The number of nitrogens with zero attached hydrogens (tertiary/aromatic N) is 1. The van der Waals surface area contributed by atoms with E-state index in [2.05, 4.69) is 10.3 Å². The molecule has 26 heavy (non-hydrogen) atoms. The first-order valence-electron chi connectivity index (χ1n) is 7.77. The highest BCUT2D eigenvalue weighted by Gasteiger charge is 2.10. The molecule has 0 spiro atoms. The minimum Gasteiger partial charge on any atom is -0.456 e. The fourth-order valence-electron chi connectivity index (χ4n) is 2.12. The van der Waals surface area contributed by atoms with Gasteiger partial charge in [-0.2, -0.15) is 0 Å². The van der Waals surface area contributed by atoms with Crippen molar-refractivity contribution in [1.29, 1.82) is 0 Å². The number of anilines is 2. The Kier molecular flexibility index (Phi) is 5.28. The van der Waals surface area contributed by atoms with Crippen molar-refractivity contribution in [2.45, 2.75) is 6.61 Å². The van der Waals surface area contributed by atoms with Crippen molar-refractivity contribution < 1.29 is 18.7 Å². The lowest BCUT2D eigenvalue weighted by atomic mass is 10.2. The second-order valence-corrected chi connectivity index (χ2v) is 5.35. The van der Waals surface area contributed by atoms with Gasteiger partial charge in [-0.05, 0) is 29.8 Å². The number of hydrogen-bond acceptors (Lipinski definition) is 5. The minimum atomic E-state index is -0.746. The van der Waals surface area contributed by atoms with Crippen LogP contribution in [0.4, 0.5) is 20.7 Å². The molecule has 0 bridgehead atoms. The van der Waals surface area contributed by atoms with Crippen LogP contribution in [0.2, 0.25) is 0 Å². The molecule has 0 fully saturated rings. The van der Waals surface area contributed by atoms with Gasteiger partial charge in [-0.15, -0.1) is 0 Å². The third-order valence-electron chi connectivity index (χ3n) is 3.38. The van der Waals surface area contributed by atoms with Crippen LogP contribution in [0, 0.1) is 5.82 Å². The number of ether oxygens (including phenoxy) is 2. The first kappa shape index (κ1) is 17.2. The summed E-state index contributed by atoms with van der Waals surface area (Å²) in [5, 5.41) is 2.36. The molecule has 3 N–H and O–H groups in total. The van der Waals surface area contributed by atoms with Gasteiger partial charge >= 0.3 is 6.09 Å². The van der Waals surface area contributed by atoms with Gasteiger partial charge < -0.3 is 15.2 Å². The van der Waals surface area contributed by atoms with E-state index in [0.717, 1.165) is 11.6 Å². The van der Waals surface area contributed by atoms with Crippen molar-refractivity contribution in [3.63, 3.8) is 0 Å². The van der Waals surface area contributed by atoms with Crippen LogP contribution in [-0.4, -0.2) is 11.1 Å². The summed E-state index contributed by atoms with van der Waals surface area (Å²) in [5.41, 5.74) is 6.32. The number of nitrogens with one attached hydrogen (secondary N) is 1. The molecule has 1 amide bonds. The number of rotatable bonds is 5. The Morgan fingerprint density at radius 1 is 1.08 bits per heavy atom. The smallest absolute Gasteiger partial charge is 0.412 e. The highest BCUT2D eigenvalue weighted by molar-refractivity contribution is 5.84. The van der Waals surface area contributed by atoms with Crippen LogP contribution in [0.25, 0.3) is 0 Å². The molecular formula is C19H16FN3O3. The van der Waals surface area contributed by atoms with E-state index >= 15 is 0 Å². The van der Waals surface area contributed by atoms with Gasteiger partial charge in [0.15, 0.2) is 5.82 Å². The van der Waals surface area contributed by atoms with Gasteiger partial charge in [0.25, 0.3) is 0 Å². The molecule has 6 nitrogen and oxygen atoms in total. The van der Waals surface area contributed by atoms with Crippen molar-refractivity contribution in [2.24, 2.45) is 0 Å². The summed E-state index contributed by atoms with van der Waals surface area (Å²) in [5.74, 6) is 0.388. The molecule has 0 unspecified atom stereocenters. The van der Waals surface area contributed by atoms with E-state index in [1.54, 1.807) is 12.1 Å². The molecule has 3 rings (SSSR count). The quantitative estimate of drug-likeness (QED) is 0.712. The second-order valence-electron chi connectivity index (χ2n) is 5.35. The predicted molar refractivity (Wildman–Crippen MR) is 95.4 cm³/mol. The summed E-state index contributed by atoms with van der Waals surface area (Å²) < 4.78 is 24.7. The predicted octanol–water partition coefficient (Wildman–Crippen LogP) is 4.34. The van der Waals surface area contributed by atoms with Gasteiger partial charge in [-0.3, -0.25) is 5.32 Å². The Hall–Kier alpha value is -3.61. The van der Waals surface area contributed by atoms with E-state index in [1.165, 1.54) is 18.3 Å². The molecule has 1 heterocycles. The second kappa shape index (κ2) is 7.98. The third kappa shape index (κ3) is 4.70. The summed E-state index contributed by atoms with van der Waals surface area (Å²) in [6.45, 7) is 0.0969. The summed E-state index contributed by atoms with van der Waals surface area (Å²) in [4.78, 5) is 15.7. The number of pyridine rings is 1. The summed E-state index contributed by atoms with van der Waals surface area (Å²) in [6.07, 6.45) is 0.685. The maximum Gasteiger partial charge on any atom is 0.412 e. The molecule has 0 atom stereocenters. The van der Waals surface area contributed by atoms with Crippen LogP contribution in [0.1, 0.15) is 5.56 Å². The maximum atomic E-state index is 14.2. The Balaban J connectivity index is 1.58. The van der Waals surface area contributed by atoms with E-state index in [4.69, 9.17) is 15.2 Å². The average molecular weight is 353 g/mol. The SMILES string of the molecule is Nc1ccc(Oc2ccc(NC(=O)OCc3ccccc3)c(F)c2)cn1. The molecule has 0 saturated heterocycles. The van der Waals surface area contributed by atoms with Crippen molar-refractivity contribution >= 4 is 17.6 Å². The fourth-order valence-corrected chi connectivity index (χ4v) is 2.12. The van der Waals surface area contributed by atoms with Gasteiger partial charge in [0.05, 0.1) is 11.9 Å². The van der Waals surface area contributed by atoms with Crippen LogP contribution in [0.5, 0.6) is 11.5 Å². The van der Waals surface area contributed by atoms with Crippen molar-refractivity contribution in [1.82, 2.24) is 4.98 Å². The lowest BCUT2D eigenvalue weighted by Crippen LogP contribution is -2.14. The monoisotopic (exact) mass is 353 g/mol. The van der Waals surface area contributed by atoms with Gasteiger partial charge in [0.1, 0.15) is 23.9 Å². The zero-order valence-corrected chi connectivity index (χ0v) is 13.7. The Morgan fingerprint density at radius 3 is 2.54 bits per heavy atom. The highest BCUT2D eigenvalue weighted by Crippen LogP contribution is 2.25. The molecule has 0 saturated carbocycles. The number of carbonyl (C=O) groups excluding carboxylic acids is 1. The number of benzene rings is 2. The number of carbonyl (C=O) groups is 1. The lowest BCUT2D eigenvalue weighted by Gasteiger charge is -2.10. The first-order chi connectivity index (χ1) is 12.6. The largest absolute Gasteiger partial charge is 0.456 e. The van der Waals surface area contributed by atoms with Gasteiger partial charge in [-0.25, -0.2) is 14.2 Å². The molecule has 0 radical (unpaired) electrons. The van der Waals surface area contributed by atoms with Crippen LogP contribution in [0.3, 0.4) is 0 Å². The average Bonchev–Trinajstić information content (AvgIpc) is 2.65. The summed E-state index contributed by atoms with van der Waals surface area (Å²) in [7, 11) is 0. The van der Waals surface area contributed by atoms with E-state index in [9.17, 15) is 9.18 Å². The fraction of sp³-hybridized carbons (Fsp3) is 0.0526. The number of halogens is 1. The first-order valence-corrected chi connectivity index (χ1v) is 7.77. The molecule has 1 aromatic heterocycles. The molecular weight excluding hydrogens is 337 g/mol. The molecule has 7 heteroatoms. The molecule has 2 aromatic carbocycles. The molecule has 3 aromatic rings. The van der Waals surface area contributed by atoms with Gasteiger partial charge in [0.2, 0.25) is 0 Å². The minimum absolute atomic E-state index is 0.00848. The van der Waals surface area contributed by atoms with E-state index < -0.39 is 11.9 Å². The normalized spacial score (nSPS) is 10.2. The van der Waals surface area contributed by atoms with Crippen LogP contribution in [0.15, 0.2) is 66.9 Å². The van der Waals surface area contributed by atoms with Crippen LogP contribution in [-0.2, 0) is 11.3 Å². The van der Waals surface area contributed by atoms with E-state index in [0.29, 0.717) is 11.6 Å². The van der Waals surface area contributed by atoms with Crippen molar-refractivity contribution in [2.75, 3.05) is 11.1 Å². The van der Waals surface area contributed by atoms with Crippen LogP contribution < -0.4 is 15.8 Å². The zero-order chi connectivity index (χ0) is 18.4. The lowest BCUT2D eigenvalue weighted by molar-refractivity contribution is 0.155. The standard InChI is InChI=1S/C19H16FN3O3/c20-16-10-14(26-15-7-9-18(21)22-11-15)6-8-17(16)23-19(24)25-12-13-4-2-1-3-5-13/h1-11H,12H2,(H2,21,22)(H,23,24). The van der Waals surface area contributed by atoms with E-state index in [-0.39, 0.29) is 18.0 Å². The van der Waals surface area contributed by atoms with Gasteiger partial charge in [-0.1, -0.05) is 30.3 Å². The Labute approximate surface area is 149 Å². The number of amides is 1. The zero-order valence-electron chi connectivity index (χ0n) is 13.7. The number of aromatic nitrogens is 1. The van der Waals surface area contributed by atoms with Crippen molar-refractivity contribution in [3.05, 3.63) is 78.2 Å². The van der Waals surface area contributed by atoms with E-state index in [1.807, 2.05) is 30.3 Å². The Morgan fingerprint density at radius 2 is 1.85 bits per heavy atom. The number of nitrogen functional groups attached to an aromatic ring is 1. The van der Waals surface area contributed by atoms with Crippen LogP contribution >= 0.6 is 0 Å². The highest BCUT2D eigenvalue weighted by atomic mass is 19.1. The molecule has 0 aliphatic heterocycles. The number of nitrogens with two attached hydrogens (primary N) is 1. The Bertz CT molecular complexity index is 886. The molecule has 0 aliphatic carbocycles.